The molecule has 1 atom stereocenters. The number of carbonyl (C=O) groups excluding carboxylic acids is 2. The first-order chi connectivity index (χ1) is 14.6. The fourth-order valence-electron chi connectivity index (χ4n) is 3.02. The molecule has 0 aliphatic carbocycles. The summed E-state index contributed by atoms with van der Waals surface area (Å²) >= 11 is 0. The van der Waals surface area contributed by atoms with Gasteiger partial charge in [0.05, 0.1) is 0 Å². The van der Waals surface area contributed by atoms with Gasteiger partial charge in [0.1, 0.15) is 11.7 Å². The van der Waals surface area contributed by atoms with E-state index in [0.29, 0.717) is 23.6 Å². The molecule has 8 nitrogen and oxygen atoms in total. The quantitative estimate of drug-likeness (QED) is 0.616. The van der Waals surface area contributed by atoms with E-state index >= 15 is 0 Å². The minimum absolute atomic E-state index is 0.212. The van der Waals surface area contributed by atoms with E-state index in [1.807, 2.05) is 6.92 Å². The molecule has 0 spiro atoms. The van der Waals surface area contributed by atoms with Crippen molar-refractivity contribution in [2.24, 2.45) is 0 Å². The summed E-state index contributed by atoms with van der Waals surface area (Å²) in [5.41, 5.74) is 0.359. The highest BCUT2D eigenvalue weighted by Gasteiger charge is 2.35. The number of amides is 2. The third kappa shape index (κ3) is 4.93. The molecular weight excluding hydrogens is 413 g/mol. The molecule has 0 bridgehead atoms. The predicted octanol–water partition coefficient (Wildman–Crippen LogP) is 3.88. The molecule has 31 heavy (non-hydrogen) atoms. The average Bonchev–Trinajstić information content (AvgIpc) is 3.33. The fourth-order valence-corrected chi connectivity index (χ4v) is 3.02. The number of carbonyl (C=O) groups is 2. The lowest BCUT2D eigenvalue weighted by Crippen LogP contribution is -2.25. The van der Waals surface area contributed by atoms with Crippen molar-refractivity contribution in [2.75, 3.05) is 10.6 Å². The zero-order valence-corrected chi connectivity index (χ0v) is 17.1. The van der Waals surface area contributed by atoms with Crippen molar-refractivity contribution in [1.29, 1.82) is 0 Å². The van der Waals surface area contributed by atoms with Gasteiger partial charge in [-0.1, -0.05) is 6.07 Å². The average molecular weight is 434 g/mol. The van der Waals surface area contributed by atoms with Gasteiger partial charge in [0.15, 0.2) is 5.69 Å². The zero-order chi connectivity index (χ0) is 22.8. The normalized spacial score (nSPS) is 12.5. The predicted molar refractivity (Wildman–Crippen MR) is 108 cm³/mol. The molecule has 3 aromatic rings. The number of anilines is 2. The molecule has 1 aromatic carbocycles. The zero-order valence-electron chi connectivity index (χ0n) is 17.1. The number of nitrogens with one attached hydrogen (secondary N) is 2. The number of nitrogens with zero attached hydrogens (tertiary/aromatic N) is 4. The Morgan fingerprint density at radius 2 is 1.81 bits per heavy atom. The van der Waals surface area contributed by atoms with Crippen LogP contribution in [0.15, 0.2) is 42.6 Å². The van der Waals surface area contributed by atoms with E-state index in [9.17, 15) is 22.8 Å². The van der Waals surface area contributed by atoms with Crippen molar-refractivity contribution in [3.8, 4) is 0 Å². The summed E-state index contributed by atoms with van der Waals surface area (Å²) in [6.07, 6.45) is -3.07. The van der Waals surface area contributed by atoms with Crippen molar-refractivity contribution in [1.82, 2.24) is 19.6 Å². The molecule has 0 aliphatic rings. The van der Waals surface area contributed by atoms with Crippen molar-refractivity contribution < 1.29 is 22.8 Å². The number of alkyl halides is 3. The summed E-state index contributed by atoms with van der Waals surface area (Å²) in [7, 11) is 0. The Kier molecular flexibility index (Phi) is 6.14. The molecule has 2 amide bonds. The van der Waals surface area contributed by atoms with E-state index in [0.717, 1.165) is 10.7 Å². The van der Waals surface area contributed by atoms with Crippen LogP contribution in [0.4, 0.5) is 24.5 Å². The Morgan fingerprint density at radius 3 is 2.42 bits per heavy atom. The molecule has 2 aromatic heterocycles. The van der Waals surface area contributed by atoms with Gasteiger partial charge in [0, 0.05) is 29.8 Å². The summed E-state index contributed by atoms with van der Waals surface area (Å²) in [6, 6.07) is 7.94. The van der Waals surface area contributed by atoms with Gasteiger partial charge in [-0.3, -0.25) is 19.0 Å². The van der Waals surface area contributed by atoms with Crippen molar-refractivity contribution in [2.45, 2.75) is 39.5 Å². The van der Waals surface area contributed by atoms with Crippen LogP contribution in [0, 0.1) is 6.92 Å². The second-order valence-corrected chi connectivity index (χ2v) is 6.85. The van der Waals surface area contributed by atoms with Gasteiger partial charge in [-0.25, -0.2) is 0 Å². The number of hydrogen-bond acceptors (Lipinski definition) is 4. The van der Waals surface area contributed by atoms with Gasteiger partial charge in [-0.15, -0.1) is 0 Å². The lowest BCUT2D eigenvalue weighted by Gasteiger charge is -2.15. The summed E-state index contributed by atoms with van der Waals surface area (Å²) in [4.78, 5) is 25.0. The fraction of sp³-hybridized carbons (Fsp3) is 0.300. The van der Waals surface area contributed by atoms with Gasteiger partial charge in [0.25, 0.3) is 5.91 Å². The summed E-state index contributed by atoms with van der Waals surface area (Å²) in [5, 5.41) is 12.9. The Morgan fingerprint density at radius 1 is 1.13 bits per heavy atom. The highest BCUT2D eigenvalue weighted by atomic mass is 19.4. The van der Waals surface area contributed by atoms with Crippen LogP contribution in [-0.2, 0) is 17.5 Å². The minimum Gasteiger partial charge on any atom is -0.324 e. The van der Waals surface area contributed by atoms with Crippen LogP contribution in [0.5, 0.6) is 0 Å². The van der Waals surface area contributed by atoms with E-state index in [-0.39, 0.29) is 11.6 Å². The summed E-state index contributed by atoms with van der Waals surface area (Å²) < 4.78 is 41.2. The van der Waals surface area contributed by atoms with Crippen LogP contribution in [0.1, 0.15) is 41.8 Å². The first kappa shape index (κ1) is 22.1. The maximum absolute atomic E-state index is 12.9. The standard InChI is InChI=1S/C20H21F3N6O2/c1-4-28-16(8-9-24-28)19(31)26-15-7-5-6-14(11-15)25-18(30)13(3)29-12(2)10-17(27-29)20(21,22)23/h5-11,13H,4H2,1-3H3,(H,25,30)(H,26,31). The van der Waals surface area contributed by atoms with Crippen LogP contribution in [0.3, 0.4) is 0 Å². The summed E-state index contributed by atoms with van der Waals surface area (Å²) in [6.45, 7) is 5.29. The lowest BCUT2D eigenvalue weighted by atomic mass is 10.2. The van der Waals surface area contributed by atoms with Crippen molar-refractivity contribution >= 4 is 23.2 Å². The van der Waals surface area contributed by atoms with Gasteiger partial charge in [-0.05, 0) is 51.1 Å². The van der Waals surface area contributed by atoms with Gasteiger partial charge >= 0.3 is 6.18 Å². The van der Waals surface area contributed by atoms with Crippen LogP contribution in [0.25, 0.3) is 0 Å². The molecule has 0 radical (unpaired) electrons. The number of aromatic nitrogens is 4. The Hall–Kier alpha value is -3.63. The Labute approximate surface area is 176 Å². The third-order valence-corrected chi connectivity index (χ3v) is 4.60. The number of halogens is 3. The van der Waals surface area contributed by atoms with Gasteiger partial charge < -0.3 is 10.6 Å². The largest absolute Gasteiger partial charge is 0.435 e. The Balaban J connectivity index is 1.71. The van der Waals surface area contributed by atoms with Gasteiger partial charge in [0.2, 0.25) is 5.91 Å². The maximum atomic E-state index is 12.9. The monoisotopic (exact) mass is 434 g/mol. The maximum Gasteiger partial charge on any atom is 0.435 e. The molecule has 0 aliphatic heterocycles. The Bertz CT molecular complexity index is 1100. The lowest BCUT2D eigenvalue weighted by molar-refractivity contribution is -0.141. The van der Waals surface area contributed by atoms with Gasteiger partial charge in [-0.2, -0.15) is 23.4 Å². The molecule has 1 unspecified atom stereocenters. The van der Waals surface area contributed by atoms with Crippen molar-refractivity contribution in [3.05, 3.63) is 59.7 Å². The molecule has 3 rings (SSSR count). The molecular formula is C20H21F3N6O2. The van der Waals surface area contributed by atoms with E-state index in [4.69, 9.17) is 0 Å². The van der Waals surface area contributed by atoms with E-state index in [2.05, 4.69) is 20.8 Å². The molecule has 11 heteroatoms. The van der Waals surface area contributed by atoms with Crippen LogP contribution in [0.2, 0.25) is 0 Å². The van der Waals surface area contributed by atoms with E-state index in [1.165, 1.54) is 20.0 Å². The number of rotatable bonds is 6. The second kappa shape index (κ2) is 8.62. The summed E-state index contributed by atoms with van der Waals surface area (Å²) in [5.74, 6) is -0.907. The highest BCUT2D eigenvalue weighted by Crippen LogP contribution is 2.29. The molecule has 2 N–H and O–H groups in total. The number of benzene rings is 1. The second-order valence-electron chi connectivity index (χ2n) is 6.85. The van der Waals surface area contributed by atoms with E-state index in [1.54, 1.807) is 35.0 Å². The van der Waals surface area contributed by atoms with Crippen molar-refractivity contribution in [3.63, 3.8) is 0 Å². The molecule has 0 saturated heterocycles. The van der Waals surface area contributed by atoms with Crippen LogP contribution in [-0.4, -0.2) is 31.4 Å². The molecule has 164 valence electrons. The number of aryl methyl sites for hydroxylation is 2. The smallest absolute Gasteiger partial charge is 0.324 e. The minimum atomic E-state index is -4.59. The molecule has 2 heterocycles. The van der Waals surface area contributed by atoms with Crippen LogP contribution >= 0.6 is 0 Å². The van der Waals surface area contributed by atoms with E-state index < -0.39 is 23.8 Å². The first-order valence-electron chi connectivity index (χ1n) is 9.47. The molecule has 0 fully saturated rings. The highest BCUT2D eigenvalue weighted by molar-refractivity contribution is 6.03. The van der Waals surface area contributed by atoms with Crippen LogP contribution < -0.4 is 10.6 Å². The molecule has 0 saturated carbocycles. The SMILES string of the molecule is CCn1nccc1C(=O)Nc1cccc(NC(=O)C(C)n2nc(C(F)(F)F)cc2C)c1. The third-order valence-electron chi connectivity index (χ3n) is 4.60. The number of hydrogen-bond donors (Lipinski definition) is 2. The topological polar surface area (TPSA) is 93.8 Å². The first-order valence-corrected chi connectivity index (χ1v) is 9.47.